The average Bonchev–Trinajstić information content (AvgIpc) is 4.01. The normalized spacial score (nSPS) is 13.2. The molecule has 9 aromatic rings. The van der Waals surface area contributed by atoms with Crippen LogP contribution in [0.15, 0.2) is 145 Å². The lowest BCUT2D eigenvalue weighted by Crippen LogP contribution is -2.01. The van der Waals surface area contributed by atoms with E-state index < -0.39 is 23.3 Å². The lowest BCUT2D eigenvalue weighted by atomic mass is 9.96. The van der Waals surface area contributed by atoms with Crippen LogP contribution < -0.4 is 0 Å². The van der Waals surface area contributed by atoms with E-state index in [-0.39, 0.29) is 46.3 Å². The predicted molar refractivity (Wildman–Crippen MR) is 251 cm³/mol. The van der Waals surface area contributed by atoms with Crippen molar-refractivity contribution in [3.63, 3.8) is 0 Å². The average molecular weight is 919 g/mol. The van der Waals surface area contributed by atoms with E-state index in [0.717, 1.165) is 0 Å². The highest BCUT2D eigenvalue weighted by Gasteiger charge is 2.39. The lowest BCUT2D eigenvalue weighted by Gasteiger charge is -2.11. The van der Waals surface area contributed by atoms with Crippen molar-refractivity contribution in [2.24, 2.45) is 0 Å². The fourth-order valence-electron chi connectivity index (χ4n) is 8.42. The van der Waals surface area contributed by atoms with Crippen LogP contribution in [0.3, 0.4) is 0 Å². The van der Waals surface area contributed by atoms with Crippen molar-refractivity contribution in [3.8, 4) is 103 Å². The quantitative estimate of drug-likeness (QED) is 0.0914. The van der Waals surface area contributed by atoms with Crippen molar-refractivity contribution >= 4 is 22.5 Å². The summed E-state index contributed by atoms with van der Waals surface area (Å²) in [6.45, 7) is 16.2. The number of rotatable bonds is 6. The van der Waals surface area contributed by atoms with Gasteiger partial charge in [-0.25, -0.2) is 67.7 Å². The second kappa shape index (κ2) is 16.6. The van der Waals surface area contributed by atoms with Gasteiger partial charge < -0.3 is 0 Å². The Morgan fingerprint density at radius 1 is 0.391 bits per heavy atom. The maximum atomic E-state index is 14.0. The Labute approximate surface area is 393 Å². The Bertz CT molecular complexity index is 3500. The minimum Gasteiger partial charge on any atom is -0.226 e. The summed E-state index contributed by atoms with van der Waals surface area (Å²) >= 11 is 1.26. The van der Waals surface area contributed by atoms with Crippen LogP contribution in [-0.4, -0.2) is 29.9 Å². The summed E-state index contributed by atoms with van der Waals surface area (Å²) in [6.07, 6.45) is 0. The molecule has 10 nitrogen and oxygen atoms in total. The lowest BCUT2D eigenvalue weighted by molar-refractivity contribution is 0.627. The molecule has 322 valence electrons. The highest BCUT2D eigenvalue weighted by molar-refractivity contribution is 7.16. The van der Waals surface area contributed by atoms with E-state index in [0.29, 0.717) is 87.7 Å². The molecule has 2 aliphatic carbocycles. The first kappa shape index (κ1) is 41.9. The fourth-order valence-corrected chi connectivity index (χ4v) is 9.87. The number of allylic oxidation sites excluding steroid dienone is 2. The number of nitrogens with zero attached hydrogens (tertiary/aromatic N) is 10. The summed E-state index contributed by atoms with van der Waals surface area (Å²) in [7, 11) is 0. The molecular weight excluding hydrogens is 897 g/mol. The molecule has 6 aromatic carbocycles. The molecule has 0 saturated carbocycles. The Kier molecular flexibility index (Phi) is 10.1. The molecule has 3 heterocycles. The third kappa shape index (κ3) is 7.16. The molecule has 69 heavy (non-hydrogen) atoms. The van der Waals surface area contributed by atoms with Crippen molar-refractivity contribution in [2.75, 3.05) is 0 Å². The van der Waals surface area contributed by atoms with E-state index >= 15 is 0 Å². The van der Waals surface area contributed by atoms with Crippen LogP contribution in [0.4, 0.5) is 17.6 Å². The molecular formula is C54H22F4N10S. The number of halogens is 4. The Morgan fingerprint density at radius 3 is 0.913 bits per heavy atom. The monoisotopic (exact) mass is 918 g/mol. The molecule has 0 atom stereocenters. The number of thiophene rings is 1. The van der Waals surface area contributed by atoms with Gasteiger partial charge in [0.2, 0.25) is 0 Å². The number of nitriles is 2. The maximum absolute atomic E-state index is 14.0. The number of fused-ring (bicyclic) bond motifs is 7. The van der Waals surface area contributed by atoms with Gasteiger partial charge in [0.15, 0.2) is 34.9 Å². The van der Waals surface area contributed by atoms with Crippen molar-refractivity contribution < 1.29 is 17.6 Å². The molecule has 0 unspecified atom stereocenters. The van der Waals surface area contributed by atoms with Gasteiger partial charge in [-0.1, -0.05) is 24.3 Å². The molecule has 0 N–H and O–H groups in total. The molecule has 2 aliphatic rings. The smallest absolute Gasteiger partial charge is 0.226 e. The van der Waals surface area contributed by atoms with Crippen LogP contribution in [-0.2, 0) is 0 Å². The predicted octanol–water partition coefficient (Wildman–Crippen LogP) is 13.0. The third-order valence-electron chi connectivity index (χ3n) is 11.6. The van der Waals surface area contributed by atoms with E-state index in [1.165, 1.54) is 108 Å². The molecule has 0 saturated heterocycles. The molecule has 0 aliphatic heterocycles. The molecule has 11 rings (SSSR count). The summed E-state index contributed by atoms with van der Waals surface area (Å²) in [5.74, 6) is -0.444. The minimum atomic E-state index is -0.447. The van der Waals surface area contributed by atoms with E-state index in [9.17, 15) is 28.1 Å². The number of hydrogen-bond donors (Lipinski definition) is 0. The largest absolute Gasteiger partial charge is 0.271 e. The topological polar surface area (TPSA) is 134 Å². The third-order valence-corrected chi connectivity index (χ3v) is 12.8. The molecule has 0 bridgehead atoms. The summed E-state index contributed by atoms with van der Waals surface area (Å²) < 4.78 is 56.1. The SMILES string of the molecule is [C-]#[N+]/C(C#N)=C1/c2cc(-c3nc(-c4ccc(F)cc4)nc(-c4ccc(F)cc4)n3)ccc2-c2c1sc1c2-c2ccc(-c3nc(-c4ccc(F)cc4)nc(-c4ccc(F)cc4)n3)cc2/C1=C(/C#N)[N+]#[C-]. The number of aromatic nitrogens is 6. The van der Waals surface area contributed by atoms with Gasteiger partial charge >= 0.3 is 0 Å². The van der Waals surface area contributed by atoms with Crippen LogP contribution in [0.25, 0.3) is 111 Å². The highest BCUT2D eigenvalue weighted by atomic mass is 32.1. The second-order valence-corrected chi connectivity index (χ2v) is 16.6. The van der Waals surface area contributed by atoms with Gasteiger partial charge in [0.1, 0.15) is 23.3 Å². The zero-order valence-electron chi connectivity index (χ0n) is 35.1. The van der Waals surface area contributed by atoms with E-state index in [2.05, 4.69) is 31.8 Å². The number of benzene rings is 6. The van der Waals surface area contributed by atoms with Crippen molar-refractivity contribution in [3.05, 3.63) is 212 Å². The fraction of sp³-hybridized carbons (Fsp3) is 0. The Balaban J connectivity index is 1.09. The van der Waals surface area contributed by atoms with Crippen LogP contribution in [0.5, 0.6) is 0 Å². The maximum Gasteiger partial charge on any atom is 0.271 e. The van der Waals surface area contributed by atoms with Gasteiger partial charge in [-0.3, -0.25) is 0 Å². The van der Waals surface area contributed by atoms with Crippen LogP contribution in [0, 0.1) is 59.1 Å². The van der Waals surface area contributed by atoms with Crippen LogP contribution in [0.1, 0.15) is 20.9 Å². The summed E-state index contributed by atoms with van der Waals surface area (Å²) in [6, 6.07) is 37.6. The first-order valence-corrected chi connectivity index (χ1v) is 21.5. The van der Waals surface area contributed by atoms with Gasteiger partial charge in [0.25, 0.3) is 11.4 Å². The first-order valence-electron chi connectivity index (χ1n) is 20.7. The Morgan fingerprint density at radius 2 is 0.652 bits per heavy atom. The Hall–Kier alpha value is -9.80. The summed E-state index contributed by atoms with van der Waals surface area (Å²) in [5, 5.41) is 20.8. The van der Waals surface area contributed by atoms with Gasteiger partial charge in [-0.2, -0.15) is 0 Å². The zero-order valence-corrected chi connectivity index (χ0v) is 35.9. The van der Waals surface area contributed by atoms with Gasteiger partial charge in [0, 0.05) is 65.4 Å². The van der Waals surface area contributed by atoms with Crippen LogP contribution >= 0.6 is 11.3 Å². The van der Waals surface area contributed by atoms with Crippen molar-refractivity contribution in [2.45, 2.75) is 0 Å². The molecule has 0 fully saturated rings. The molecule has 0 spiro atoms. The summed E-state index contributed by atoms with van der Waals surface area (Å²) in [5.41, 5.74) is 7.18. The van der Waals surface area contributed by atoms with E-state index in [1.807, 2.05) is 12.1 Å². The van der Waals surface area contributed by atoms with Gasteiger partial charge in [-0.15, -0.1) is 11.3 Å². The van der Waals surface area contributed by atoms with Gasteiger partial charge in [0.05, 0.1) is 25.3 Å². The van der Waals surface area contributed by atoms with E-state index in [4.69, 9.17) is 33.1 Å². The second-order valence-electron chi connectivity index (χ2n) is 15.6. The standard InChI is InChI=1S/C54H22F4N10S/c1-61-41(25-59)43-39-23-31(53-65-49(27-3-13-33(55)14-4-27)63-50(66-53)28-5-15-34(56)16-6-28)11-21-37(39)45-46-38-22-12-32(24-40(38)44(42(26-60)62-2)48(46)69-47(43)45)54-67-51(29-7-17-35(57)18-8-29)64-52(68-54)30-9-19-36(58)20-10-30/h3-24H/b43-41-,44-42+. The molecule has 0 amide bonds. The molecule has 3 aromatic heterocycles. The van der Waals surface area contributed by atoms with Gasteiger partial charge in [-0.05, 0) is 131 Å². The first-order chi connectivity index (χ1) is 33.6. The van der Waals surface area contributed by atoms with Crippen molar-refractivity contribution in [1.82, 2.24) is 29.9 Å². The molecule has 15 heteroatoms. The highest BCUT2D eigenvalue weighted by Crippen LogP contribution is 2.62. The number of hydrogen-bond acceptors (Lipinski definition) is 9. The summed E-state index contributed by atoms with van der Waals surface area (Å²) in [4.78, 5) is 36.8. The molecule has 0 radical (unpaired) electrons. The zero-order chi connectivity index (χ0) is 47.5. The van der Waals surface area contributed by atoms with Crippen LogP contribution in [0.2, 0.25) is 0 Å². The van der Waals surface area contributed by atoms with Crippen molar-refractivity contribution in [1.29, 1.82) is 10.5 Å². The minimum absolute atomic E-state index is 0.183. The van der Waals surface area contributed by atoms with E-state index in [1.54, 1.807) is 24.3 Å².